The summed E-state index contributed by atoms with van der Waals surface area (Å²) < 4.78 is 10.7. The summed E-state index contributed by atoms with van der Waals surface area (Å²) in [6, 6.07) is 0.837. The Morgan fingerprint density at radius 2 is 1.32 bits per heavy atom. The largest absolute Gasteiger partial charge is 0.354 e. The summed E-state index contributed by atoms with van der Waals surface area (Å²) in [5.74, 6) is 0. The Kier molecular flexibility index (Phi) is 12.8. The van der Waals surface area contributed by atoms with Crippen molar-refractivity contribution in [3.8, 4) is 0 Å². The van der Waals surface area contributed by atoms with Crippen LogP contribution in [0, 0.1) is 0 Å². The molecule has 0 radical (unpaired) electrons. The number of nitrogens with one attached hydrogen (secondary N) is 1. The van der Waals surface area contributed by atoms with E-state index in [2.05, 4.69) is 26.1 Å². The van der Waals surface area contributed by atoms with Gasteiger partial charge in [0.25, 0.3) is 0 Å². The third kappa shape index (κ3) is 9.42. The molecule has 0 amide bonds. The summed E-state index contributed by atoms with van der Waals surface area (Å²) >= 11 is 0. The lowest BCUT2D eigenvalue weighted by molar-refractivity contribution is -0.121. The third-order valence-electron chi connectivity index (χ3n) is 3.68. The minimum atomic E-state index is -0.153. The van der Waals surface area contributed by atoms with Gasteiger partial charge in [-0.15, -0.1) is 0 Å². The molecule has 3 nitrogen and oxygen atoms in total. The van der Waals surface area contributed by atoms with E-state index in [9.17, 15) is 0 Å². The van der Waals surface area contributed by atoms with Crippen LogP contribution in [0.3, 0.4) is 0 Å². The molecule has 0 aromatic heterocycles. The molecule has 0 aliphatic rings. The molecular weight excluding hydrogens is 238 g/mol. The molecule has 19 heavy (non-hydrogen) atoms. The maximum absolute atomic E-state index is 5.33. The average Bonchev–Trinajstić information content (AvgIpc) is 2.40. The molecule has 0 aromatic rings. The first-order valence-electron chi connectivity index (χ1n) is 8.01. The molecule has 0 aliphatic heterocycles. The minimum Gasteiger partial charge on any atom is -0.354 e. The number of unbranched alkanes of at least 4 members (excludes halogenated alkanes) is 4. The van der Waals surface area contributed by atoms with Gasteiger partial charge >= 0.3 is 0 Å². The highest BCUT2D eigenvalue weighted by molar-refractivity contribution is 4.74. The van der Waals surface area contributed by atoms with Crippen molar-refractivity contribution >= 4 is 0 Å². The molecule has 1 atom stereocenters. The van der Waals surface area contributed by atoms with Crippen LogP contribution in [0.4, 0.5) is 0 Å². The van der Waals surface area contributed by atoms with Crippen molar-refractivity contribution in [3.05, 3.63) is 0 Å². The van der Waals surface area contributed by atoms with Gasteiger partial charge in [0.1, 0.15) is 0 Å². The first-order valence-corrected chi connectivity index (χ1v) is 8.01. The van der Waals surface area contributed by atoms with E-state index in [0.29, 0.717) is 6.04 Å². The summed E-state index contributed by atoms with van der Waals surface area (Å²) in [7, 11) is 3.41. The summed E-state index contributed by atoms with van der Waals surface area (Å²) in [4.78, 5) is 0. The van der Waals surface area contributed by atoms with Crippen LogP contribution in [0.5, 0.6) is 0 Å². The van der Waals surface area contributed by atoms with E-state index in [4.69, 9.17) is 9.47 Å². The Labute approximate surface area is 120 Å². The number of hydrogen-bond donors (Lipinski definition) is 1. The van der Waals surface area contributed by atoms with Crippen LogP contribution in [0.15, 0.2) is 0 Å². The zero-order valence-corrected chi connectivity index (χ0v) is 13.7. The highest BCUT2D eigenvalue weighted by Gasteiger charge is 2.19. The lowest BCUT2D eigenvalue weighted by Crippen LogP contribution is -2.45. The fraction of sp³-hybridized carbons (Fsp3) is 1.00. The Morgan fingerprint density at radius 3 is 1.68 bits per heavy atom. The Morgan fingerprint density at radius 1 is 0.842 bits per heavy atom. The van der Waals surface area contributed by atoms with Gasteiger partial charge in [-0.25, -0.2) is 0 Å². The van der Waals surface area contributed by atoms with Gasteiger partial charge in [-0.1, -0.05) is 52.4 Å². The number of methoxy groups -OCH3 is 2. The van der Waals surface area contributed by atoms with Crippen molar-refractivity contribution in [1.82, 2.24) is 5.32 Å². The van der Waals surface area contributed by atoms with Crippen molar-refractivity contribution < 1.29 is 9.47 Å². The molecule has 0 saturated heterocycles. The molecule has 0 aliphatic carbocycles. The average molecular weight is 273 g/mol. The second-order valence-electron chi connectivity index (χ2n) is 5.48. The van der Waals surface area contributed by atoms with E-state index in [-0.39, 0.29) is 12.3 Å². The van der Waals surface area contributed by atoms with Crippen LogP contribution in [-0.4, -0.2) is 32.6 Å². The van der Waals surface area contributed by atoms with Gasteiger partial charge in [0.05, 0.1) is 6.04 Å². The minimum absolute atomic E-state index is 0.153. The van der Waals surface area contributed by atoms with Crippen LogP contribution in [0.25, 0.3) is 0 Å². The zero-order valence-electron chi connectivity index (χ0n) is 13.7. The Bertz CT molecular complexity index is 174. The van der Waals surface area contributed by atoms with Gasteiger partial charge in [-0.2, -0.15) is 0 Å². The van der Waals surface area contributed by atoms with Gasteiger partial charge < -0.3 is 14.8 Å². The highest BCUT2D eigenvalue weighted by atomic mass is 16.7. The van der Waals surface area contributed by atoms with E-state index in [1.54, 1.807) is 14.2 Å². The van der Waals surface area contributed by atoms with Crippen LogP contribution in [0.1, 0.15) is 72.1 Å². The summed E-state index contributed by atoms with van der Waals surface area (Å²) in [6.45, 7) is 6.66. The fourth-order valence-electron chi connectivity index (χ4n) is 2.55. The number of hydrogen-bond acceptors (Lipinski definition) is 3. The summed E-state index contributed by atoms with van der Waals surface area (Å²) in [5.41, 5.74) is 0. The lowest BCUT2D eigenvalue weighted by atomic mass is 10.0. The Hall–Kier alpha value is -0.120. The number of rotatable bonds is 13. The SMILES string of the molecule is CCCCCC(CCCCC)NC(C)C(OC)OC. The highest BCUT2D eigenvalue weighted by Crippen LogP contribution is 2.13. The van der Waals surface area contributed by atoms with E-state index in [1.807, 2.05) is 0 Å². The third-order valence-corrected chi connectivity index (χ3v) is 3.68. The standard InChI is InChI=1S/C16H35NO2/c1-6-8-10-12-15(13-11-9-7-2)17-14(3)16(18-4)19-5/h14-17H,6-13H2,1-5H3. The molecule has 116 valence electrons. The predicted octanol–water partition coefficient (Wildman–Crippen LogP) is 4.11. The van der Waals surface area contributed by atoms with Gasteiger partial charge in [0, 0.05) is 20.3 Å². The normalized spacial score (nSPS) is 13.4. The van der Waals surface area contributed by atoms with Crippen LogP contribution >= 0.6 is 0 Å². The van der Waals surface area contributed by atoms with Gasteiger partial charge in [-0.05, 0) is 19.8 Å². The molecule has 0 bridgehead atoms. The quantitative estimate of drug-likeness (QED) is 0.404. The molecule has 0 fully saturated rings. The molecule has 0 spiro atoms. The first kappa shape index (κ1) is 18.9. The monoisotopic (exact) mass is 273 g/mol. The smallest absolute Gasteiger partial charge is 0.171 e. The second kappa shape index (κ2) is 12.9. The van der Waals surface area contributed by atoms with Crippen LogP contribution in [0.2, 0.25) is 0 Å². The van der Waals surface area contributed by atoms with E-state index in [1.165, 1.54) is 51.4 Å². The molecule has 0 saturated carbocycles. The molecule has 1 unspecified atom stereocenters. The fourth-order valence-corrected chi connectivity index (χ4v) is 2.55. The first-order chi connectivity index (χ1) is 9.19. The van der Waals surface area contributed by atoms with Crippen LogP contribution < -0.4 is 5.32 Å². The number of ether oxygens (including phenoxy) is 2. The van der Waals surface area contributed by atoms with Crippen molar-refractivity contribution in [2.75, 3.05) is 14.2 Å². The summed E-state index contributed by atoms with van der Waals surface area (Å²) in [6.07, 6.45) is 10.3. The molecule has 0 rings (SSSR count). The van der Waals surface area contributed by atoms with Crippen molar-refractivity contribution in [2.45, 2.75) is 90.5 Å². The predicted molar refractivity (Wildman–Crippen MR) is 82.5 cm³/mol. The maximum atomic E-state index is 5.33. The van der Waals surface area contributed by atoms with E-state index < -0.39 is 0 Å². The van der Waals surface area contributed by atoms with Crippen molar-refractivity contribution in [1.29, 1.82) is 0 Å². The molecule has 0 heterocycles. The van der Waals surface area contributed by atoms with Crippen LogP contribution in [-0.2, 0) is 9.47 Å². The second-order valence-corrected chi connectivity index (χ2v) is 5.48. The Balaban J connectivity index is 4.13. The van der Waals surface area contributed by atoms with E-state index >= 15 is 0 Å². The summed E-state index contributed by atoms with van der Waals surface area (Å²) in [5, 5.41) is 3.69. The van der Waals surface area contributed by atoms with Gasteiger partial charge in [-0.3, -0.25) is 0 Å². The molecule has 0 aromatic carbocycles. The van der Waals surface area contributed by atoms with Crippen molar-refractivity contribution in [2.24, 2.45) is 0 Å². The zero-order chi connectivity index (χ0) is 14.5. The molecule has 1 N–H and O–H groups in total. The lowest BCUT2D eigenvalue weighted by Gasteiger charge is -2.28. The van der Waals surface area contributed by atoms with E-state index in [0.717, 1.165) is 0 Å². The van der Waals surface area contributed by atoms with Crippen molar-refractivity contribution in [3.63, 3.8) is 0 Å². The van der Waals surface area contributed by atoms with Gasteiger partial charge in [0.2, 0.25) is 0 Å². The maximum Gasteiger partial charge on any atom is 0.171 e. The topological polar surface area (TPSA) is 30.5 Å². The van der Waals surface area contributed by atoms with Gasteiger partial charge in [0.15, 0.2) is 6.29 Å². The molecular formula is C16H35NO2. The molecule has 3 heteroatoms.